The van der Waals surface area contributed by atoms with Crippen molar-refractivity contribution in [3.63, 3.8) is 0 Å². The molecule has 3 aromatic carbocycles. The summed E-state index contributed by atoms with van der Waals surface area (Å²) in [6.45, 7) is 4.63. The average Bonchev–Trinajstić information content (AvgIpc) is 3.41. The molecule has 0 aliphatic heterocycles. The minimum absolute atomic E-state index is 0.172. The van der Waals surface area contributed by atoms with E-state index in [1.807, 2.05) is 42.5 Å². The maximum absolute atomic E-state index is 13.1. The molecule has 0 bridgehead atoms. The Bertz CT molecular complexity index is 1550. The lowest BCUT2D eigenvalue weighted by Gasteiger charge is -2.26. The number of carbonyl (C=O) groups is 2. The number of amides is 2. The summed E-state index contributed by atoms with van der Waals surface area (Å²) in [7, 11) is 0. The topological polar surface area (TPSA) is 121 Å². The van der Waals surface area contributed by atoms with E-state index in [1.54, 1.807) is 42.5 Å². The molecule has 4 aromatic rings. The molecule has 204 valence electrons. The zero-order chi connectivity index (χ0) is 28.9. The summed E-state index contributed by atoms with van der Waals surface area (Å²) >= 11 is 12.4. The Labute approximate surface area is 242 Å². The minimum Gasteiger partial charge on any atom is -0.460 e. The Hall–Kier alpha value is -4.09. The molecule has 0 aliphatic rings. The molecular weight excluding hydrogens is 547 g/mol. The lowest BCUT2D eigenvalue weighted by Crippen LogP contribution is -2.45. The van der Waals surface area contributed by atoms with Crippen LogP contribution in [0.2, 0.25) is 10.0 Å². The van der Waals surface area contributed by atoms with Crippen LogP contribution in [0.15, 0.2) is 83.3 Å². The predicted octanol–water partition coefficient (Wildman–Crippen LogP) is 5.98. The smallest absolute Gasteiger partial charge is 0.253 e. The second-order valence-corrected chi connectivity index (χ2v) is 10.7. The summed E-state index contributed by atoms with van der Waals surface area (Å²) in [5.41, 5.74) is 8.41. The van der Waals surface area contributed by atoms with Crippen molar-refractivity contribution in [3.05, 3.63) is 117 Å². The molecule has 9 heteroatoms. The Morgan fingerprint density at radius 2 is 1.70 bits per heavy atom. The van der Waals surface area contributed by atoms with Gasteiger partial charge < -0.3 is 20.8 Å². The molecule has 0 radical (unpaired) electrons. The largest absolute Gasteiger partial charge is 0.460 e. The van der Waals surface area contributed by atoms with Crippen molar-refractivity contribution in [2.45, 2.75) is 38.4 Å². The number of nitriles is 1. The van der Waals surface area contributed by atoms with Crippen LogP contribution < -0.4 is 16.4 Å². The van der Waals surface area contributed by atoms with E-state index in [2.05, 4.69) is 24.5 Å². The molecule has 2 amide bonds. The summed E-state index contributed by atoms with van der Waals surface area (Å²) in [6.07, 6.45) is 0.172. The van der Waals surface area contributed by atoms with Crippen LogP contribution in [0.4, 0.5) is 0 Å². The van der Waals surface area contributed by atoms with Crippen molar-refractivity contribution in [2.24, 2.45) is 5.73 Å². The summed E-state index contributed by atoms with van der Waals surface area (Å²) in [4.78, 5) is 25.2. The molecule has 4 N–H and O–H groups in total. The highest BCUT2D eigenvalue weighted by Crippen LogP contribution is 2.28. The van der Waals surface area contributed by atoms with Crippen molar-refractivity contribution in [1.82, 2.24) is 10.6 Å². The van der Waals surface area contributed by atoms with Gasteiger partial charge in [0.1, 0.15) is 17.6 Å². The van der Waals surface area contributed by atoms with Crippen LogP contribution in [0.3, 0.4) is 0 Å². The van der Waals surface area contributed by atoms with Gasteiger partial charge >= 0.3 is 0 Å². The number of hydrogen-bond donors (Lipinski definition) is 3. The number of nitrogens with two attached hydrogens (primary N) is 1. The summed E-state index contributed by atoms with van der Waals surface area (Å²) < 4.78 is 6.06. The molecule has 0 fully saturated rings. The van der Waals surface area contributed by atoms with Gasteiger partial charge in [-0.25, -0.2) is 0 Å². The van der Waals surface area contributed by atoms with Crippen LogP contribution in [0, 0.1) is 11.3 Å². The molecule has 40 heavy (non-hydrogen) atoms. The van der Waals surface area contributed by atoms with Gasteiger partial charge in [0, 0.05) is 22.5 Å². The van der Waals surface area contributed by atoms with Gasteiger partial charge in [0.15, 0.2) is 0 Å². The number of furan rings is 1. The first-order valence-corrected chi connectivity index (χ1v) is 13.3. The van der Waals surface area contributed by atoms with Crippen molar-refractivity contribution >= 4 is 35.0 Å². The van der Waals surface area contributed by atoms with Crippen molar-refractivity contribution in [3.8, 4) is 17.4 Å². The maximum atomic E-state index is 13.1. The highest BCUT2D eigenvalue weighted by molar-refractivity contribution is 6.34. The summed E-state index contributed by atoms with van der Waals surface area (Å²) in [5.74, 6) is 0.0576. The Kier molecular flexibility index (Phi) is 8.96. The number of nitrogens with one attached hydrogen (secondary N) is 2. The maximum Gasteiger partial charge on any atom is 0.253 e. The number of hydrogen-bond acceptors (Lipinski definition) is 5. The van der Waals surface area contributed by atoms with Gasteiger partial charge in [-0.2, -0.15) is 5.26 Å². The molecule has 0 saturated carbocycles. The lowest BCUT2D eigenvalue weighted by atomic mass is 9.94. The van der Waals surface area contributed by atoms with E-state index in [-0.39, 0.29) is 22.5 Å². The zero-order valence-corrected chi connectivity index (χ0v) is 23.5. The number of rotatable bonds is 10. The third-order valence-electron chi connectivity index (χ3n) is 6.60. The fourth-order valence-electron chi connectivity index (χ4n) is 4.17. The first-order chi connectivity index (χ1) is 19.1. The number of halogens is 2. The van der Waals surface area contributed by atoms with E-state index in [0.717, 1.165) is 11.1 Å². The SMILES string of the molecule is CC(C)(NCc1ccc(-c2ccc(Cl)c(C(=O)NC(Cc3ccc(C#N)cc3)C(N)=O)c2)o1)c1ccc(Cl)cc1. The predicted molar refractivity (Wildman–Crippen MR) is 156 cm³/mol. The van der Waals surface area contributed by atoms with Gasteiger partial charge in [0.05, 0.1) is 28.8 Å². The van der Waals surface area contributed by atoms with Gasteiger partial charge in [0.25, 0.3) is 5.91 Å². The van der Waals surface area contributed by atoms with Crippen molar-refractivity contribution in [1.29, 1.82) is 5.26 Å². The quantitative estimate of drug-likeness (QED) is 0.215. The van der Waals surface area contributed by atoms with E-state index < -0.39 is 17.9 Å². The third-order valence-corrected chi connectivity index (χ3v) is 7.18. The molecule has 1 unspecified atom stereocenters. The Morgan fingerprint density at radius 3 is 2.35 bits per heavy atom. The molecule has 1 aromatic heterocycles. The van der Waals surface area contributed by atoms with Gasteiger partial charge in [0.2, 0.25) is 5.91 Å². The van der Waals surface area contributed by atoms with E-state index in [1.165, 1.54) is 0 Å². The highest BCUT2D eigenvalue weighted by Gasteiger charge is 2.23. The van der Waals surface area contributed by atoms with E-state index in [4.69, 9.17) is 38.6 Å². The first-order valence-electron chi connectivity index (χ1n) is 12.5. The second-order valence-electron chi connectivity index (χ2n) is 9.89. The van der Waals surface area contributed by atoms with Crippen LogP contribution in [0.1, 0.15) is 46.7 Å². The van der Waals surface area contributed by atoms with Crippen molar-refractivity contribution in [2.75, 3.05) is 0 Å². The second kappa shape index (κ2) is 12.4. The molecule has 4 rings (SSSR count). The van der Waals surface area contributed by atoms with Crippen LogP contribution in [-0.2, 0) is 23.3 Å². The average molecular weight is 575 g/mol. The van der Waals surface area contributed by atoms with Crippen molar-refractivity contribution < 1.29 is 14.0 Å². The fourth-order valence-corrected chi connectivity index (χ4v) is 4.50. The van der Waals surface area contributed by atoms with Gasteiger partial charge in [-0.05, 0) is 79.6 Å². The molecule has 7 nitrogen and oxygen atoms in total. The fraction of sp³-hybridized carbons (Fsp3) is 0.194. The van der Waals surface area contributed by atoms with E-state index in [9.17, 15) is 9.59 Å². The monoisotopic (exact) mass is 574 g/mol. The summed E-state index contributed by atoms with van der Waals surface area (Å²) in [6, 6.07) is 24.2. The molecule has 0 aliphatic carbocycles. The van der Waals surface area contributed by atoms with Gasteiger partial charge in [-0.1, -0.05) is 47.5 Å². The van der Waals surface area contributed by atoms with Gasteiger partial charge in [-0.3, -0.25) is 9.59 Å². The number of nitrogens with zero attached hydrogens (tertiary/aromatic N) is 1. The first kappa shape index (κ1) is 28.9. The Morgan fingerprint density at radius 1 is 1.00 bits per heavy atom. The van der Waals surface area contributed by atoms with Crippen LogP contribution in [-0.4, -0.2) is 17.9 Å². The zero-order valence-electron chi connectivity index (χ0n) is 22.0. The third kappa shape index (κ3) is 7.10. The van der Waals surface area contributed by atoms with Crippen LogP contribution >= 0.6 is 23.2 Å². The van der Waals surface area contributed by atoms with Gasteiger partial charge in [-0.15, -0.1) is 0 Å². The summed E-state index contributed by atoms with van der Waals surface area (Å²) in [5, 5.41) is 16.1. The highest BCUT2D eigenvalue weighted by atomic mass is 35.5. The number of carbonyl (C=O) groups excluding carboxylic acids is 2. The van der Waals surface area contributed by atoms with Crippen LogP contribution in [0.25, 0.3) is 11.3 Å². The molecule has 0 saturated heterocycles. The molecule has 1 heterocycles. The van der Waals surface area contributed by atoms with Crippen LogP contribution in [0.5, 0.6) is 0 Å². The standard InChI is InChI=1S/C31H28Cl2N4O3/c1-31(2,22-8-10-23(32)11-9-22)36-18-24-12-14-28(40-24)21-7-13-26(33)25(16-21)30(39)37-27(29(35)38)15-19-3-5-20(17-34)6-4-19/h3-14,16,27,36H,15,18H2,1-2H3,(H2,35,38)(H,37,39). The number of benzene rings is 3. The van der Waals surface area contributed by atoms with E-state index in [0.29, 0.717) is 34.2 Å². The molecule has 1 atom stereocenters. The normalized spacial score (nSPS) is 12.0. The Balaban J connectivity index is 1.45. The number of primary amides is 1. The molecular formula is C31H28Cl2N4O3. The molecule has 0 spiro atoms. The lowest BCUT2D eigenvalue weighted by molar-refractivity contribution is -0.119. The van der Waals surface area contributed by atoms with E-state index >= 15 is 0 Å². The minimum atomic E-state index is -0.967.